The molecule has 1 aromatic rings. The molecule has 0 saturated carbocycles. The van der Waals surface area contributed by atoms with Crippen molar-refractivity contribution in [1.82, 2.24) is 20.4 Å². The molecular formula is C13H23N5O2. The highest BCUT2D eigenvalue weighted by molar-refractivity contribution is 5.81. The van der Waals surface area contributed by atoms with Crippen molar-refractivity contribution in [3.63, 3.8) is 0 Å². The molecule has 0 aliphatic carbocycles. The van der Waals surface area contributed by atoms with Gasteiger partial charge in [0.2, 0.25) is 11.8 Å². The molecule has 1 atom stereocenters. The molecule has 3 N–H and O–H groups in total. The summed E-state index contributed by atoms with van der Waals surface area (Å²) >= 11 is 0. The van der Waals surface area contributed by atoms with E-state index in [4.69, 9.17) is 10.3 Å². The van der Waals surface area contributed by atoms with Crippen molar-refractivity contribution in [1.29, 1.82) is 0 Å². The first-order valence-corrected chi connectivity index (χ1v) is 6.99. The van der Waals surface area contributed by atoms with Crippen LogP contribution in [0.1, 0.15) is 44.8 Å². The Morgan fingerprint density at radius 3 is 2.90 bits per heavy atom. The highest BCUT2D eigenvalue weighted by atomic mass is 16.5. The lowest BCUT2D eigenvalue weighted by molar-refractivity contribution is -0.127. The van der Waals surface area contributed by atoms with Gasteiger partial charge in [-0.1, -0.05) is 11.6 Å². The Hall–Kier alpha value is -1.47. The molecule has 1 fully saturated rings. The van der Waals surface area contributed by atoms with Gasteiger partial charge in [0.15, 0.2) is 5.82 Å². The highest BCUT2D eigenvalue weighted by Crippen LogP contribution is 2.20. The first kappa shape index (κ1) is 14.9. The lowest BCUT2D eigenvalue weighted by atomic mass is 10.0. The van der Waals surface area contributed by atoms with Gasteiger partial charge in [-0.3, -0.25) is 9.69 Å². The van der Waals surface area contributed by atoms with E-state index in [1.165, 1.54) is 0 Å². The zero-order chi connectivity index (χ0) is 14.8. The predicted octanol–water partition coefficient (Wildman–Crippen LogP) is 0.364. The minimum Gasteiger partial charge on any atom is -0.358 e. The van der Waals surface area contributed by atoms with E-state index in [-0.39, 0.29) is 11.9 Å². The van der Waals surface area contributed by atoms with Gasteiger partial charge in [-0.2, -0.15) is 4.98 Å². The van der Waals surface area contributed by atoms with Crippen molar-refractivity contribution >= 4 is 5.91 Å². The van der Waals surface area contributed by atoms with Gasteiger partial charge < -0.3 is 15.6 Å². The Kier molecular flexibility index (Phi) is 4.39. The van der Waals surface area contributed by atoms with Crippen LogP contribution in [0.5, 0.6) is 0 Å². The maximum absolute atomic E-state index is 11.9. The molecule has 1 saturated heterocycles. The third-order valence-corrected chi connectivity index (χ3v) is 3.55. The molecule has 1 unspecified atom stereocenters. The smallest absolute Gasteiger partial charge is 0.240 e. The third-order valence-electron chi connectivity index (χ3n) is 3.55. The summed E-state index contributed by atoms with van der Waals surface area (Å²) in [6, 6.07) is -0.116. The molecule has 0 bridgehead atoms. The van der Waals surface area contributed by atoms with Crippen molar-refractivity contribution in [2.24, 2.45) is 5.73 Å². The van der Waals surface area contributed by atoms with Crippen LogP contribution in [0.15, 0.2) is 4.52 Å². The van der Waals surface area contributed by atoms with Gasteiger partial charge in [-0.15, -0.1) is 0 Å². The molecule has 112 valence electrons. The highest BCUT2D eigenvalue weighted by Gasteiger charge is 2.30. The van der Waals surface area contributed by atoms with E-state index in [0.717, 1.165) is 25.8 Å². The number of likely N-dealkylation sites (N-methyl/N-ethyl adjacent to an activating group) is 1. The van der Waals surface area contributed by atoms with Gasteiger partial charge in [0.05, 0.1) is 18.1 Å². The Labute approximate surface area is 118 Å². The minimum absolute atomic E-state index is 0.0450. The number of hydrogen-bond acceptors (Lipinski definition) is 6. The van der Waals surface area contributed by atoms with Gasteiger partial charge in [0, 0.05) is 7.05 Å². The average molecular weight is 281 g/mol. The maximum atomic E-state index is 11.9. The molecule has 7 heteroatoms. The number of nitrogens with zero attached hydrogens (tertiary/aromatic N) is 3. The fourth-order valence-electron chi connectivity index (χ4n) is 2.40. The van der Waals surface area contributed by atoms with E-state index in [1.807, 2.05) is 13.8 Å². The number of piperidine rings is 1. The summed E-state index contributed by atoms with van der Waals surface area (Å²) in [4.78, 5) is 18.3. The number of likely N-dealkylation sites (tertiary alicyclic amines) is 1. The Morgan fingerprint density at radius 2 is 2.30 bits per heavy atom. The first-order chi connectivity index (χ1) is 9.41. The number of nitrogens with two attached hydrogens (primary N) is 1. The van der Waals surface area contributed by atoms with Gasteiger partial charge >= 0.3 is 0 Å². The molecule has 7 nitrogen and oxygen atoms in total. The molecule has 2 heterocycles. The number of rotatable bonds is 4. The predicted molar refractivity (Wildman–Crippen MR) is 73.6 cm³/mol. The van der Waals surface area contributed by atoms with Crippen molar-refractivity contribution in [2.75, 3.05) is 13.6 Å². The van der Waals surface area contributed by atoms with Crippen molar-refractivity contribution in [3.05, 3.63) is 11.7 Å². The molecule has 1 aliphatic heterocycles. The number of carbonyl (C=O) groups excluding carboxylic acids is 1. The van der Waals surface area contributed by atoms with E-state index < -0.39 is 5.54 Å². The summed E-state index contributed by atoms with van der Waals surface area (Å²) in [5.41, 5.74) is 5.32. The second-order valence-electron chi connectivity index (χ2n) is 5.83. The molecule has 1 amide bonds. The maximum Gasteiger partial charge on any atom is 0.240 e. The number of hydrogen-bond donors (Lipinski definition) is 2. The summed E-state index contributed by atoms with van der Waals surface area (Å²) in [6.45, 7) is 5.01. The Balaban J connectivity index is 2.07. The number of nitrogens with one attached hydrogen (secondary N) is 1. The van der Waals surface area contributed by atoms with E-state index in [1.54, 1.807) is 7.05 Å². The summed E-state index contributed by atoms with van der Waals surface area (Å²) in [5, 5.41) is 6.62. The normalized spacial score (nSPS) is 20.9. The number of aromatic nitrogens is 2. The lowest BCUT2D eigenvalue weighted by Gasteiger charge is -2.33. The summed E-state index contributed by atoms with van der Waals surface area (Å²) in [6.07, 6.45) is 3.01. The summed E-state index contributed by atoms with van der Waals surface area (Å²) in [7, 11) is 1.66. The average Bonchev–Trinajstić information content (AvgIpc) is 2.87. The largest absolute Gasteiger partial charge is 0.358 e. The zero-order valence-electron chi connectivity index (χ0n) is 12.3. The topological polar surface area (TPSA) is 97.3 Å². The minimum atomic E-state index is -0.621. The molecule has 0 aromatic carbocycles. The fraction of sp³-hybridized carbons (Fsp3) is 0.769. The van der Waals surface area contributed by atoms with Crippen LogP contribution in [-0.2, 0) is 16.9 Å². The van der Waals surface area contributed by atoms with Gasteiger partial charge in [0.25, 0.3) is 0 Å². The van der Waals surface area contributed by atoms with Gasteiger partial charge in [-0.25, -0.2) is 0 Å². The lowest BCUT2D eigenvalue weighted by Crippen LogP contribution is -2.48. The van der Waals surface area contributed by atoms with E-state index in [9.17, 15) is 4.79 Å². The first-order valence-electron chi connectivity index (χ1n) is 6.99. The van der Waals surface area contributed by atoms with E-state index >= 15 is 0 Å². The second-order valence-corrected chi connectivity index (χ2v) is 5.83. The second kappa shape index (κ2) is 5.88. The molecule has 20 heavy (non-hydrogen) atoms. The fourth-order valence-corrected chi connectivity index (χ4v) is 2.40. The van der Waals surface area contributed by atoms with Crippen LogP contribution in [0.4, 0.5) is 0 Å². The van der Waals surface area contributed by atoms with Crippen LogP contribution in [-0.4, -0.2) is 40.6 Å². The quantitative estimate of drug-likeness (QED) is 0.827. The van der Waals surface area contributed by atoms with Gasteiger partial charge in [0.1, 0.15) is 0 Å². The van der Waals surface area contributed by atoms with Crippen molar-refractivity contribution in [3.8, 4) is 0 Å². The van der Waals surface area contributed by atoms with E-state index in [2.05, 4.69) is 20.4 Å². The summed E-state index contributed by atoms with van der Waals surface area (Å²) < 4.78 is 5.24. The van der Waals surface area contributed by atoms with Crippen LogP contribution < -0.4 is 11.1 Å². The number of amides is 1. The zero-order valence-corrected chi connectivity index (χ0v) is 12.3. The van der Waals surface area contributed by atoms with Crippen LogP contribution in [0.3, 0.4) is 0 Å². The van der Waals surface area contributed by atoms with Crippen LogP contribution in [0, 0.1) is 0 Å². The molecule has 0 spiro atoms. The van der Waals surface area contributed by atoms with Crippen molar-refractivity contribution in [2.45, 2.75) is 51.2 Å². The monoisotopic (exact) mass is 281 g/mol. The Bertz CT molecular complexity index is 466. The van der Waals surface area contributed by atoms with Crippen molar-refractivity contribution < 1.29 is 9.32 Å². The van der Waals surface area contributed by atoms with Crippen LogP contribution in [0.2, 0.25) is 0 Å². The Morgan fingerprint density at radius 1 is 1.55 bits per heavy atom. The molecule has 1 aromatic heterocycles. The molecule has 1 aliphatic rings. The summed E-state index contributed by atoms with van der Waals surface area (Å²) in [5.74, 6) is 1.04. The third kappa shape index (κ3) is 3.34. The number of carbonyl (C=O) groups is 1. The standard InChI is InChI=1S/C13H23N5O2/c1-13(2,14)12-16-10(20-17-12)8-18-7-5-4-6-9(18)11(19)15-3/h9H,4-8,14H2,1-3H3,(H,15,19). The SMILES string of the molecule is CNC(=O)C1CCCCN1Cc1nc(C(C)(C)N)no1. The van der Waals surface area contributed by atoms with E-state index in [0.29, 0.717) is 18.3 Å². The molecule has 0 radical (unpaired) electrons. The molecule has 2 rings (SSSR count). The van der Waals surface area contributed by atoms with Crippen LogP contribution in [0.25, 0.3) is 0 Å². The molecular weight excluding hydrogens is 258 g/mol. The van der Waals surface area contributed by atoms with Crippen LogP contribution >= 0.6 is 0 Å². The van der Waals surface area contributed by atoms with Gasteiger partial charge in [-0.05, 0) is 33.2 Å².